The first-order valence-corrected chi connectivity index (χ1v) is 8.79. The summed E-state index contributed by atoms with van der Waals surface area (Å²) >= 11 is 6.35. The zero-order valence-electron chi connectivity index (χ0n) is 14.8. The Bertz CT molecular complexity index is 762. The number of aromatic nitrogens is 1. The standard InChI is InChI=1S/C19H23ClN4O/c1-13-10-14(2)18(16(20)11-13)22-17-12-15(4-5-21-17)19(25)24-8-6-23(3)7-9-24/h4-5,10-12H,6-9H2,1-3H3,(H,21,22). The molecule has 5 nitrogen and oxygen atoms in total. The summed E-state index contributed by atoms with van der Waals surface area (Å²) in [7, 11) is 2.07. The van der Waals surface area contributed by atoms with Crippen LogP contribution in [0.3, 0.4) is 0 Å². The fraction of sp³-hybridized carbons (Fsp3) is 0.368. The molecule has 132 valence electrons. The summed E-state index contributed by atoms with van der Waals surface area (Å²) in [5.74, 6) is 0.666. The summed E-state index contributed by atoms with van der Waals surface area (Å²) in [5, 5.41) is 3.90. The highest BCUT2D eigenvalue weighted by Crippen LogP contribution is 2.29. The van der Waals surface area contributed by atoms with Crippen LogP contribution in [0.1, 0.15) is 21.5 Å². The van der Waals surface area contributed by atoms with Crippen LogP contribution in [0.4, 0.5) is 11.5 Å². The van der Waals surface area contributed by atoms with E-state index < -0.39 is 0 Å². The highest BCUT2D eigenvalue weighted by atomic mass is 35.5. The van der Waals surface area contributed by atoms with Crippen molar-refractivity contribution in [3.05, 3.63) is 52.2 Å². The number of pyridine rings is 1. The van der Waals surface area contributed by atoms with Crippen molar-refractivity contribution in [3.8, 4) is 0 Å². The molecule has 1 aromatic carbocycles. The van der Waals surface area contributed by atoms with E-state index in [2.05, 4.69) is 28.3 Å². The Balaban J connectivity index is 1.79. The molecule has 1 amide bonds. The lowest BCUT2D eigenvalue weighted by Gasteiger charge is -2.32. The van der Waals surface area contributed by atoms with Crippen LogP contribution < -0.4 is 5.32 Å². The van der Waals surface area contributed by atoms with Gasteiger partial charge in [0.25, 0.3) is 5.91 Å². The molecule has 3 rings (SSSR count). The third kappa shape index (κ3) is 4.11. The number of halogens is 1. The first-order valence-electron chi connectivity index (χ1n) is 8.41. The van der Waals surface area contributed by atoms with Crippen LogP contribution in [0.2, 0.25) is 5.02 Å². The minimum atomic E-state index is 0.0466. The van der Waals surface area contributed by atoms with Crippen molar-refractivity contribution in [2.45, 2.75) is 13.8 Å². The monoisotopic (exact) mass is 358 g/mol. The highest BCUT2D eigenvalue weighted by molar-refractivity contribution is 6.33. The lowest BCUT2D eigenvalue weighted by atomic mass is 10.1. The van der Waals surface area contributed by atoms with Crippen molar-refractivity contribution < 1.29 is 4.79 Å². The first-order chi connectivity index (χ1) is 11.9. The molecule has 1 aliphatic rings. The predicted molar refractivity (Wildman–Crippen MR) is 102 cm³/mol. The molecule has 6 heteroatoms. The molecule has 0 atom stereocenters. The normalized spacial score (nSPS) is 15.3. The average Bonchev–Trinajstić information content (AvgIpc) is 2.58. The largest absolute Gasteiger partial charge is 0.339 e. The molecule has 25 heavy (non-hydrogen) atoms. The van der Waals surface area contributed by atoms with Gasteiger partial charge in [0.1, 0.15) is 5.82 Å². The van der Waals surface area contributed by atoms with Crippen LogP contribution in [0.5, 0.6) is 0 Å². The number of carbonyl (C=O) groups excluding carboxylic acids is 1. The summed E-state index contributed by atoms with van der Waals surface area (Å²) in [6, 6.07) is 7.52. The number of amides is 1. The smallest absolute Gasteiger partial charge is 0.254 e. The minimum absolute atomic E-state index is 0.0466. The summed E-state index contributed by atoms with van der Waals surface area (Å²) < 4.78 is 0. The molecule has 0 spiro atoms. The van der Waals surface area contributed by atoms with Crippen molar-refractivity contribution in [2.75, 3.05) is 38.5 Å². The molecule has 0 radical (unpaired) electrons. The molecule has 0 aliphatic carbocycles. The molecule has 1 N–H and O–H groups in total. The quantitative estimate of drug-likeness (QED) is 0.912. The fourth-order valence-electron chi connectivity index (χ4n) is 3.03. The topological polar surface area (TPSA) is 48.5 Å². The number of nitrogens with zero attached hydrogens (tertiary/aromatic N) is 3. The molecule has 2 heterocycles. The number of rotatable bonds is 3. The summed E-state index contributed by atoms with van der Waals surface area (Å²) in [6.07, 6.45) is 1.66. The van der Waals surface area contributed by atoms with E-state index in [1.807, 2.05) is 24.8 Å². The van der Waals surface area contributed by atoms with Crippen LogP contribution >= 0.6 is 11.6 Å². The second-order valence-corrected chi connectivity index (χ2v) is 7.00. The maximum Gasteiger partial charge on any atom is 0.254 e. The molecular weight excluding hydrogens is 336 g/mol. The Morgan fingerprint density at radius 1 is 1.16 bits per heavy atom. The minimum Gasteiger partial charge on any atom is -0.339 e. The second-order valence-electron chi connectivity index (χ2n) is 6.59. The van der Waals surface area contributed by atoms with Gasteiger partial charge in [0.15, 0.2) is 0 Å². The lowest BCUT2D eigenvalue weighted by Crippen LogP contribution is -2.47. The van der Waals surface area contributed by atoms with E-state index in [9.17, 15) is 4.79 Å². The van der Waals surface area contributed by atoms with Crippen molar-refractivity contribution >= 4 is 29.0 Å². The lowest BCUT2D eigenvalue weighted by molar-refractivity contribution is 0.0664. The Labute approximate surface area is 153 Å². The number of hydrogen-bond acceptors (Lipinski definition) is 4. The average molecular weight is 359 g/mol. The summed E-state index contributed by atoms with van der Waals surface area (Å²) in [6.45, 7) is 7.32. The van der Waals surface area contributed by atoms with Gasteiger partial charge in [-0.3, -0.25) is 4.79 Å². The number of carbonyl (C=O) groups is 1. The molecule has 1 saturated heterocycles. The zero-order chi connectivity index (χ0) is 18.0. The van der Waals surface area contributed by atoms with Crippen molar-refractivity contribution in [2.24, 2.45) is 0 Å². The van der Waals surface area contributed by atoms with E-state index in [0.29, 0.717) is 16.4 Å². The molecule has 2 aromatic rings. The third-order valence-electron chi connectivity index (χ3n) is 4.48. The fourth-order valence-corrected chi connectivity index (χ4v) is 3.39. The summed E-state index contributed by atoms with van der Waals surface area (Å²) in [5.41, 5.74) is 3.62. The number of hydrogen-bond donors (Lipinski definition) is 1. The Morgan fingerprint density at radius 2 is 1.88 bits per heavy atom. The van der Waals surface area contributed by atoms with Crippen molar-refractivity contribution in [1.29, 1.82) is 0 Å². The number of likely N-dealkylation sites (N-methyl/N-ethyl adjacent to an activating group) is 1. The molecular formula is C19H23ClN4O. The molecule has 1 aliphatic heterocycles. The number of piperazine rings is 1. The van der Waals surface area contributed by atoms with Gasteiger partial charge in [-0.05, 0) is 50.2 Å². The molecule has 0 unspecified atom stereocenters. The van der Waals surface area contributed by atoms with Gasteiger partial charge in [-0.15, -0.1) is 0 Å². The van der Waals surface area contributed by atoms with Gasteiger partial charge in [0, 0.05) is 37.9 Å². The van der Waals surface area contributed by atoms with Crippen LogP contribution in [0.25, 0.3) is 0 Å². The van der Waals surface area contributed by atoms with Gasteiger partial charge in [0.05, 0.1) is 10.7 Å². The Kier molecular flexibility index (Phi) is 5.25. The number of nitrogens with one attached hydrogen (secondary N) is 1. The van der Waals surface area contributed by atoms with Crippen LogP contribution in [0.15, 0.2) is 30.5 Å². The van der Waals surface area contributed by atoms with E-state index in [1.165, 1.54) is 0 Å². The molecule has 0 saturated carbocycles. The predicted octanol–water partition coefficient (Wildman–Crippen LogP) is 3.48. The van der Waals surface area contributed by atoms with E-state index >= 15 is 0 Å². The SMILES string of the molecule is Cc1cc(C)c(Nc2cc(C(=O)N3CCN(C)CC3)ccn2)c(Cl)c1. The first kappa shape index (κ1) is 17.7. The van der Waals surface area contributed by atoms with E-state index in [1.54, 1.807) is 18.3 Å². The third-order valence-corrected chi connectivity index (χ3v) is 4.78. The van der Waals surface area contributed by atoms with Gasteiger partial charge in [0.2, 0.25) is 0 Å². The second kappa shape index (κ2) is 7.42. The maximum absolute atomic E-state index is 12.7. The summed E-state index contributed by atoms with van der Waals surface area (Å²) in [4.78, 5) is 21.2. The maximum atomic E-state index is 12.7. The van der Waals surface area contributed by atoms with Gasteiger partial charge < -0.3 is 15.1 Å². The van der Waals surface area contributed by atoms with Crippen LogP contribution in [0, 0.1) is 13.8 Å². The van der Waals surface area contributed by atoms with E-state index in [-0.39, 0.29) is 5.91 Å². The zero-order valence-corrected chi connectivity index (χ0v) is 15.6. The van der Waals surface area contributed by atoms with E-state index in [0.717, 1.165) is 43.0 Å². The highest BCUT2D eigenvalue weighted by Gasteiger charge is 2.20. The van der Waals surface area contributed by atoms with Crippen LogP contribution in [-0.4, -0.2) is 53.9 Å². The van der Waals surface area contributed by atoms with Gasteiger partial charge in [-0.25, -0.2) is 4.98 Å². The van der Waals surface area contributed by atoms with Gasteiger partial charge in [-0.2, -0.15) is 0 Å². The molecule has 0 bridgehead atoms. The van der Waals surface area contributed by atoms with Gasteiger partial charge in [-0.1, -0.05) is 17.7 Å². The Hall–Kier alpha value is -2.11. The molecule has 1 fully saturated rings. The number of benzene rings is 1. The van der Waals surface area contributed by atoms with Crippen molar-refractivity contribution in [3.63, 3.8) is 0 Å². The van der Waals surface area contributed by atoms with E-state index in [4.69, 9.17) is 11.6 Å². The number of aryl methyl sites for hydroxylation is 2. The van der Waals surface area contributed by atoms with Crippen molar-refractivity contribution in [1.82, 2.24) is 14.8 Å². The molecule has 1 aromatic heterocycles. The van der Waals surface area contributed by atoms with Crippen LogP contribution in [-0.2, 0) is 0 Å². The number of anilines is 2. The van der Waals surface area contributed by atoms with Gasteiger partial charge >= 0.3 is 0 Å². The Morgan fingerprint density at radius 3 is 2.56 bits per heavy atom.